The van der Waals surface area contributed by atoms with Crippen LogP contribution in [0.4, 0.5) is 10.5 Å². The van der Waals surface area contributed by atoms with Gasteiger partial charge in [0.2, 0.25) is 11.5 Å². The number of likely N-dealkylation sites (tertiary alicyclic amines) is 1. The summed E-state index contributed by atoms with van der Waals surface area (Å²) in [6, 6.07) is 32.5. The summed E-state index contributed by atoms with van der Waals surface area (Å²) in [6.07, 6.45) is 1.53. The van der Waals surface area contributed by atoms with Crippen LogP contribution in [-0.4, -0.2) is 96.1 Å². The zero-order valence-corrected chi connectivity index (χ0v) is 32.9. The van der Waals surface area contributed by atoms with Crippen molar-refractivity contribution in [3.05, 3.63) is 130 Å². The zero-order chi connectivity index (χ0) is 40.4. The highest BCUT2D eigenvalue weighted by atomic mass is 16.6. The molecule has 2 heterocycles. The van der Waals surface area contributed by atoms with Crippen LogP contribution in [0.25, 0.3) is 22.0 Å². The van der Waals surface area contributed by atoms with Crippen LogP contribution in [0.1, 0.15) is 43.5 Å². The van der Waals surface area contributed by atoms with Gasteiger partial charge in [-0.05, 0) is 71.6 Å². The van der Waals surface area contributed by atoms with Crippen LogP contribution >= 0.6 is 0 Å². The number of nitrogens with zero attached hydrogens (tertiary/aromatic N) is 2. The fourth-order valence-electron chi connectivity index (χ4n) is 8.30. The number of amides is 2. The number of aromatic nitrogens is 1. The lowest BCUT2D eigenvalue weighted by Crippen LogP contribution is -2.35. The first-order chi connectivity index (χ1) is 28.2. The van der Waals surface area contributed by atoms with Crippen LogP contribution in [-0.2, 0) is 27.2 Å². The molecule has 3 unspecified atom stereocenters. The molecule has 1 aromatic heterocycles. The third kappa shape index (κ3) is 10.5. The van der Waals surface area contributed by atoms with E-state index in [9.17, 15) is 24.6 Å². The molecule has 3 atom stereocenters. The number of carbonyl (C=O) groups excluding carboxylic acids is 2. The molecule has 1 aliphatic carbocycles. The maximum atomic E-state index is 12.9. The average Bonchev–Trinajstić information content (AvgIpc) is 3.78. The van der Waals surface area contributed by atoms with E-state index in [0.717, 1.165) is 55.7 Å². The summed E-state index contributed by atoms with van der Waals surface area (Å²) in [5, 5.41) is 27.6. The monoisotopic (exact) mass is 789 g/mol. The molecule has 58 heavy (non-hydrogen) atoms. The number of hydrogen-bond acceptors (Lipinski definition) is 9. The van der Waals surface area contributed by atoms with E-state index in [0.29, 0.717) is 54.6 Å². The average molecular weight is 790 g/mol. The number of phenols is 1. The Kier molecular flexibility index (Phi) is 13.5. The number of ether oxygens (including phenoxy) is 2. The Morgan fingerprint density at radius 3 is 2.41 bits per heavy atom. The van der Waals surface area contributed by atoms with Gasteiger partial charge in [-0.25, -0.2) is 4.79 Å². The van der Waals surface area contributed by atoms with E-state index in [1.807, 2.05) is 54.6 Å². The van der Waals surface area contributed by atoms with Gasteiger partial charge in [0, 0.05) is 64.8 Å². The summed E-state index contributed by atoms with van der Waals surface area (Å²) < 4.78 is 11.7. The van der Waals surface area contributed by atoms with Crippen molar-refractivity contribution in [1.82, 2.24) is 20.1 Å². The maximum absolute atomic E-state index is 12.9. The van der Waals surface area contributed by atoms with Crippen molar-refractivity contribution < 1.29 is 30.7 Å². The molecule has 5 N–H and O–H groups in total. The van der Waals surface area contributed by atoms with E-state index in [1.54, 1.807) is 24.1 Å². The molecular weight excluding hydrogens is 735 g/mol. The van der Waals surface area contributed by atoms with Gasteiger partial charge in [-0.2, -0.15) is 0 Å². The fourth-order valence-corrected chi connectivity index (χ4v) is 8.30. The maximum Gasteiger partial charge on any atom is 0.411 e. The molecule has 0 spiro atoms. The quantitative estimate of drug-likeness (QED) is 0.0679. The van der Waals surface area contributed by atoms with E-state index >= 15 is 0 Å². The number of fused-ring (bicyclic) bond motifs is 2. The Balaban J connectivity index is 0.00000585. The first-order valence-corrected chi connectivity index (χ1v) is 20.2. The number of nitrogens with one attached hydrogen (secondary N) is 3. The SMILES string of the molecule is CN(CCNCC(O)c1ccc(O)c2[nH]c(=O)ccc12)C(=O)CCOCCc1ccc(CN2CC3CC(OC(=O)Nc4ccccc4-c4ccccc4)CC3C2)cc1.[HH]. The second-order valence-corrected chi connectivity index (χ2v) is 15.5. The molecule has 2 aliphatic rings. The molecule has 4 aromatic carbocycles. The third-order valence-electron chi connectivity index (χ3n) is 11.4. The van der Waals surface area contributed by atoms with Crippen molar-refractivity contribution in [2.45, 2.75) is 44.4 Å². The molecule has 1 aliphatic heterocycles. The van der Waals surface area contributed by atoms with Gasteiger partial charge in [0.25, 0.3) is 0 Å². The van der Waals surface area contributed by atoms with Gasteiger partial charge in [0.1, 0.15) is 11.9 Å². The summed E-state index contributed by atoms with van der Waals surface area (Å²) in [4.78, 5) is 44.0. The minimum atomic E-state index is -0.862. The summed E-state index contributed by atoms with van der Waals surface area (Å²) in [5.74, 6) is 0.992. The number of aromatic amines is 1. The van der Waals surface area contributed by atoms with E-state index in [1.165, 1.54) is 23.3 Å². The van der Waals surface area contributed by atoms with Crippen molar-refractivity contribution in [3.8, 4) is 16.9 Å². The number of rotatable bonds is 17. The van der Waals surface area contributed by atoms with Crippen molar-refractivity contribution in [2.24, 2.45) is 11.8 Å². The normalized spacial score (nSPS) is 18.2. The number of benzene rings is 4. The number of anilines is 1. The minimum absolute atomic E-state index is 0. The predicted molar refractivity (Wildman–Crippen MR) is 227 cm³/mol. The van der Waals surface area contributed by atoms with Crippen LogP contribution in [0.2, 0.25) is 0 Å². The molecule has 1 saturated heterocycles. The summed E-state index contributed by atoms with van der Waals surface area (Å²) in [7, 11) is 1.75. The standard InChI is InChI=1S/C46H53N5O7.H2/c1-50(22-21-47-27-42(53)38-15-17-41(52)45-39(38)16-18-43(54)49-45)44(55)20-24-57-23-19-31-11-13-32(14-12-31)28-51-29-34-25-36(26-35(34)30-51)58-46(56)48-40-10-6-5-9-37(40)33-7-3-2-4-8-33;/h2-18,34-36,42,47,52-53H,19-30H2,1H3,(H,48,56)(H,49,54);1H. The van der Waals surface area contributed by atoms with Crippen LogP contribution in [0.15, 0.2) is 108 Å². The molecule has 2 fully saturated rings. The Labute approximate surface area is 340 Å². The second kappa shape index (κ2) is 19.3. The molecule has 12 heteroatoms. The number of likely N-dealkylation sites (N-methyl/N-ethyl adjacent to an activating group) is 1. The number of para-hydroxylation sites is 1. The number of hydrogen-bond donors (Lipinski definition) is 5. The highest BCUT2D eigenvalue weighted by Gasteiger charge is 2.42. The van der Waals surface area contributed by atoms with Crippen molar-refractivity contribution in [3.63, 3.8) is 0 Å². The number of aromatic hydroxyl groups is 1. The Bertz CT molecular complexity index is 2210. The first-order valence-electron chi connectivity index (χ1n) is 20.2. The first kappa shape index (κ1) is 40.7. The molecule has 2 amide bonds. The topological polar surface area (TPSA) is 156 Å². The van der Waals surface area contributed by atoms with Gasteiger partial charge >= 0.3 is 6.09 Å². The minimum Gasteiger partial charge on any atom is -0.506 e. The van der Waals surface area contributed by atoms with Crippen molar-refractivity contribution in [1.29, 1.82) is 0 Å². The molecule has 7 rings (SSSR count). The zero-order valence-electron chi connectivity index (χ0n) is 32.9. The number of aliphatic hydroxyl groups excluding tert-OH is 1. The summed E-state index contributed by atoms with van der Waals surface area (Å²) >= 11 is 0. The van der Waals surface area contributed by atoms with Gasteiger partial charge in [0.05, 0.1) is 36.9 Å². The molecule has 5 aromatic rings. The van der Waals surface area contributed by atoms with Crippen molar-refractivity contribution >= 4 is 28.6 Å². The largest absolute Gasteiger partial charge is 0.506 e. The second-order valence-electron chi connectivity index (χ2n) is 15.5. The Morgan fingerprint density at radius 1 is 0.914 bits per heavy atom. The molecule has 0 radical (unpaired) electrons. The Hall–Kier alpha value is -5.53. The molecule has 1 saturated carbocycles. The number of H-pyrrole nitrogens is 1. The van der Waals surface area contributed by atoms with Gasteiger partial charge in [-0.15, -0.1) is 0 Å². The fraction of sp³-hybridized carbons (Fsp3) is 0.370. The van der Waals surface area contributed by atoms with Crippen LogP contribution < -0.4 is 16.2 Å². The van der Waals surface area contributed by atoms with Crippen LogP contribution in [0.5, 0.6) is 5.75 Å². The summed E-state index contributed by atoms with van der Waals surface area (Å²) in [5.41, 5.74) is 5.78. The molecule has 306 valence electrons. The van der Waals surface area contributed by atoms with Gasteiger partial charge < -0.3 is 34.9 Å². The lowest BCUT2D eigenvalue weighted by molar-refractivity contribution is -0.131. The van der Waals surface area contributed by atoms with Gasteiger partial charge in [0.15, 0.2) is 0 Å². The van der Waals surface area contributed by atoms with E-state index in [4.69, 9.17) is 9.47 Å². The van der Waals surface area contributed by atoms with Gasteiger partial charge in [-0.3, -0.25) is 19.8 Å². The predicted octanol–water partition coefficient (Wildman–Crippen LogP) is 6.34. The van der Waals surface area contributed by atoms with E-state index in [2.05, 4.69) is 44.8 Å². The molecule has 12 nitrogen and oxygen atoms in total. The van der Waals surface area contributed by atoms with Gasteiger partial charge in [-0.1, -0.05) is 78.9 Å². The lowest BCUT2D eigenvalue weighted by Gasteiger charge is -2.20. The smallest absolute Gasteiger partial charge is 0.411 e. The number of aliphatic hydroxyl groups is 1. The highest BCUT2D eigenvalue weighted by molar-refractivity contribution is 5.91. The van der Waals surface area contributed by atoms with Crippen LogP contribution in [0.3, 0.4) is 0 Å². The highest BCUT2D eigenvalue weighted by Crippen LogP contribution is 2.40. The van der Waals surface area contributed by atoms with E-state index < -0.39 is 12.2 Å². The number of pyridine rings is 1. The Morgan fingerprint density at radius 2 is 1.64 bits per heavy atom. The lowest BCUT2D eigenvalue weighted by atomic mass is 10.0. The summed E-state index contributed by atoms with van der Waals surface area (Å²) in [6.45, 7) is 5.01. The van der Waals surface area contributed by atoms with Crippen molar-refractivity contribution in [2.75, 3.05) is 58.3 Å². The third-order valence-corrected chi connectivity index (χ3v) is 11.4. The number of carbonyl (C=O) groups is 2. The number of phenolic OH excluding ortho intramolecular Hbond substituents is 1. The van der Waals surface area contributed by atoms with E-state index in [-0.39, 0.29) is 37.7 Å². The van der Waals surface area contributed by atoms with Crippen LogP contribution in [0, 0.1) is 11.8 Å². The molecule has 0 bridgehead atoms. The molecular formula is C46H55N5O7.